The van der Waals surface area contributed by atoms with Crippen LogP contribution in [0.4, 0.5) is 26.3 Å². The summed E-state index contributed by atoms with van der Waals surface area (Å²) in [5.74, 6) is 3.22. The Kier molecular flexibility index (Phi) is 29.7. The summed E-state index contributed by atoms with van der Waals surface area (Å²) >= 11 is 0. The first-order valence-electron chi connectivity index (χ1n) is 47.6. The summed E-state index contributed by atoms with van der Waals surface area (Å²) in [5.41, 5.74) is -7.08. The summed E-state index contributed by atoms with van der Waals surface area (Å²) < 4.78 is 285. The molecule has 0 aromatic heterocycles. The van der Waals surface area contributed by atoms with Crippen LogP contribution in [-0.2, 0) is 56.8 Å². The van der Waals surface area contributed by atoms with Crippen molar-refractivity contribution in [3.05, 3.63) is 206 Å². The molecule has 8 atom stereocenters. The van der Waals surface area contributed by atoms with Gasteiger partial charge in [-0.05, 0) is 146 Å². The molecular weight excluding hydrogens is 2040 g/mol. The number of rotatable bonds is 12. The highest BCUT2D eigenvalue weighted by atomic mass is 32.2. The Morgan fingerprint density at radius 1 is 0.268 bits per heavy atom. The average Bonchev–Trinajstić information content (AvgIpc) is 1.53. The lowest BCUT2D eigenvalue weighted by atomic mass is 10.0. The summed E-state index contributed by atoms with van der Waals surface area (Å²) in [4.78, 5) is 0. The lowest BCUT2D eigenvalue weighted by Crippen LogP contribution is -2.30. The molecule has 24 nitrogen and oxygen atoms in total. The fourth-order valence-electron chi connectivity index (χ4n) is 21.1. The van der Waals surface area contributed by atoms with E-state index in [2.05, 4.69) is 20.5 Å². The van der Waals surface area contributed by atoms with Gasteiger partial charge < -0.3 is 93.0 Å². The molecular formula is C102H114F6O24P8S2. The number of benzene rings is 10. The Morgan fingerprint density at radius 2 is 0.507 bits per heavy atom. The molecule has 142 heavy (non-hydrogen) atoms. The van der Waals surface area contributed by atoms with Gasteiger partial charge in [0.2, 0.25) is 0 Å². The monoisotopic (exact) mass is 2150 g/mol. The Labute approximate surface area is 823 Å². The van der Waals surface area contributed by atoms with Crippen molar-refractivity contribution in [1.82, 2.24) is 0 Å². The van der Waals surface area contributed by atoms with Crippen molar-refractivity contribution in [1.29, 1.82) is 0 Å². The van der Waals surface area contributed by atoms with Gasteiger partial charge in [-0.25, -0.2) is 0 Å². The minimum absolute atomic E-state index is 0.00951. The molecule has 0 bridgehead atoms. The highest BCUT2D eigenvalue weighted by Gasteiger charge is 2.57. The van der Waals surface area contributed by atoms with E-state index < -0.39 is 110 Å². The largest absolute Gasteiger partial charge is 0.534 e. The molecule has 2 N–H and O–H groups in total. The van der Waals surface area contributed by atoms with Gasteiger partial charge in [-0.3, -0.25) is 0 Å². The highest BCUT2D eigenvalue weighted by Crippen LogP contribution is 2.70. The molecule has 4 saturated carbocycles. The van der Waals surface area contributed by atoms with Gasteiger partial charge >= 0.3 is 31.3 Å². The predicted molar refractivity (Wildman–Crippen MR) is 545 cm³/mol. The van der Waals surface area contributed by atoms with Crippen molar-refractivity contribution in [2.45, 2.75) is 214 Å². The quantitative estimate of drug-likeness (QED) is 0.0496. The molecule has 0 radical (unpaired) electrons. The topological polar surface area (TPSA) is 338 Å². The molecule has 12 aliphatic rings. The number of aromatic hydroxyl groups is 2. The summed E-state index contributed by atoms with van der Waals surface area (Å²) in [5, 5.41) is 24.3. The van der Waals surface area contributed by atoms with Crippen LogP contribution in [-0.4, -0.2) is 122 Å². The molecule has 4 aliphatic carbocycles. The van der Waals surface area contributed by atoms with Gasteiger partial charge in [-0.1, -0.05) is 252 Å². The molecule has 10 aromatic rings. The highest BCUT2D eigenvalue weighted by molar-refractivity contribution is 7.88. The van der Waals surface area contributed by atoms with E-state index in [4.69, 9.17) is 37.9 Å². The number of fused-ring (bicyclic) bond motifs is 8. The zero-order valence-corrected chi connectivity index (χ0v) is 88.1. The van der Waals surface area contributed by atoms with Crippen LogP contribution in [0.25, 0.3) is 22.3 Å². The molecule has 8 aliphatic heterocycles. The third-order valence-electron chi connectivity index (χ3n) is 28.8. The number of ether oxygens (including phenoxy) is 8. The fourth-order valence-corrected chi connectivity index (χ4v) is 45.5. The third-order valence-corrected chi connectivity index (χ3v) is 57.7. The van der Waals surface area contributed by atoms with Crippen LogP contribution >= 0.6 is 57.1 Å². The Morgan fingerprint density at radius 3 is 0.838 bits per heavy atom. The second kappa shape index (κ2) is 40.4. The molecule has 8 heterocycles. The summed E-state index contributed by atoms with van der Waals surface area (Å²) in [6, 6.07) is 58.4. The molecule has 0 saturated heterocycles. The molecule has 0 amide bonds. The van der Waals surface area contributed by atoms with Crippen LogP contribution < -0.4 is 99.3 Å². The van der Waals surface area contributed by atoms with Crippen molar-refractivity contribution < 1.29 is 136 Å². The first-order valence-corrected chi connectivity index (χ1v) is 65.8. The molecule has 760 valence electrons. The Balaban J connectivity index is 0.000000119. The van der Waals surface area contributed by atoms with Gasteiger partial charge in [-0.2, -0.15) is 43.2 Å². The number of alkyl halides is 6. The van der Waals surface area contributed by atoms with E-state index in [1.165, 1.54) is 55.7 Å². The maximum Gasteiger partial charge on any atom is 0.534 e. The van der Waals surface area contributed by atoms with Crippen molar-refractivity contribution in [2.24, 2.45) is 0 Å². The third kappa shape index (κ3) is 19.5. The van der Waals surface area contributed by atoms with Crippen molar-refractivity contribution in [2.75, 3.05) is 50.8 Å². The smallest absolute Gasteiger partial charge is 0.507 e. The predicted octanol–water partition coefficient (Wildman–Crippen LogP) is 23.6. The van der Waals surface area contributed by atoms with E-state index in [0.29, 0.717) is 64.4 Å². The van der Waals surface area contributed by atoms with Gasteiger partial charge in [0.1, 0.15) is 124 Å². The van der Waals surface area contributed by atoms with Crippen LogP contribution in [0.15, 0.2) is 206 Å². The molecule has 4 fully saturated rings. The van der Waals surface area contributed by atoms with E-state index in [1.54, 1.807) is 54.6 Å². The first-order chi connectivity index (χ1) is 67.2. The molecule has 10 aromatic carbocycles. The maximum atomic E-state index is 14.5. The molecule has 22 rings (SSSR count). The Hall–Kier alpha value is -8.88. The second-order valence-corrected chi connectivity index (χ2v) is 67.2. The van der Waals surface area contributed by atoms with Crippen LogP contribution in [0.2, 0.25) is 0 Å². The number of phenolic OH excluding ortho intramolecular Hbond substituents is 2. The van der Waals surface area contributed by atoms with E-state index in [-0.39, 0.29) is 94.3 Å². The number of hydrogen-bond acceptors (Lipinski definition) is 24. The van der Waals surface area contributed by atoms with E-state index >= 15 is 0 Å². The van der Waals surface area contributed by atoms with E-state index in [1.807, 2.05) is 133 Å². The zero-order chi connectivity index (χ0) is 101. The van der Waals surface area contributed by atoms with Crippen LogP contribution in [0.5, 0.6) is 69.0 Å². The summed E-state index contributed by atoms with van der Waals surface area (Å²) in [6.45, 7) is 12.0. The van der Waals surface area contributed by atoms with Gasteiger partial charge in [0, 0.05) is 43.6 Å². The number of halogens is 6. The SMILES string of the molecule is CC(C)(C)[P@]1(=O)COc2cccc(-c3cccc4c3[P@](=O)(C(C)(C)C)CO4)c21.O=[P@@]1(c2ccccc2)COc2cccc(O)c21.O=[P@@]1(c2ccccc2)COc2cccc(OS(=O)(=O)C(F)(F)F)c21.O=[P@]1(C2CCCCC2)COc2cccc(-c3cccc4c3[P@@](=O)(C3CCCCC3)CO4)c21.O=[P@]1(C2CCCCC2)COc2cccc(O)c21.O=[P@]1(C2CCCCC2)COc2cccc(OS(=O)(=O)C(F)(F)F)c21. The van der Waals surface area contributed by atoms with Crippen molar-refractivity contribution in [3.63, 3.8) is 0 Å². The average molecular weight is 2150 g/mol. The summed E-state index contributed by atoms with van der Waals surface area (Å²) in [6.07, 6.45) is 21.9. The van der Waals surface area contributed by atoms with Crippen LogP contribution in [0, 0.1) is 0 Å². The number of hydrogen-bond donors (Lipinski definition) is 2. The summed E-state index contributed by atoms with van der Waals surface area (Å²) in [7, 11) is -34.7. The van der Waals surface area contributed by atoms with E-state index in [0.717, 1.165) is 169 Å². The molecule has 0 spiro atoms. The lowest BCUT2D eigenvalue weighted by molar-refractivity contribution is -0.0504. The minimum Gasteiger partial charge on any atom is -0.507 e. The standard InChI is InChI=1S/C26H32O4P2.C22H28O4P2.C14H16F3O5PS.C14H10F3O5PS.C13H17O3P.C13H11O3P/c27-31(19-9-3-1-4-10-19)17-29-23-15-7-13-21(25(23)31)22-14-8-16-24-26(22)32(28,18-30-24)20-11-5-2-6-12-20;1-21(2,3)27(23)13-25-17-11-7-9-15(19(17)27)16-10-8-12-18-20(16)28(24,14-26-18)22(4,5)6;2*15-14(16,17)24(19,20)22-12-8-4-7-11-13(12)23(18,9-21-11)10-5-2-1-3-6-10;2*14-11-7-4-8-12-13(11)17(15,9-16-12)10-5-2-1-3-6-10/h7-8,13-16,19-20H,1-6,9-12,17-18H2;7-12H,13-14H2,1-6H3;4,7-8,10H,1-3,5-6,9H2;1-8H,9H2;4,7-8,10,14H,1-3,5-6,9H2;1-8,14H,9H2/t31-,32-;27-,28-;2*23-;2*17-/m000101/s1. The zero-order valence-electron chi connectivity index (χ0n) is 79.3. The second-order valence-electron chi connectivity index (χ2n) is 39.5. The molecule has 40 heteroatoms. The van der Waals surface area contributed by atoms with Crippen molar-refractivity contribution in [3.8, 4) is 91.2 Å². The number of phenols is 2. The van der Waals surface area contributed by atoms with E-state index in [9.17, 15) is 89.9 Å². The minimum atomic E-state index is -5.88. The van der Waals surface area contributed by atoms with Gasteiger partial charge in [0.25, 0.3) is 0 Å². The van der Waals surface area contributed by atoms with Gasteiger partial charge in [0.15, 0.2) is 68.6 Å². The normalized spacial score (nSPS) is 25.8. The fraction of sp³-hybridized carbons (Fsp3) is 0.412. The van der Waals surface area contributed by atoms with Crippen LogP contribution in [0.3, 0.4) is 0 Å². The maximum absolute atomic E-state index is 14.5. The van der Waals surface area contributed by atoms with Gasteiger partial charge in [-0.15, -0.1) is 0 Å². The first kappa shape index (κ1) is 104. The van der Waals surface area contributed by atoms with Crippen molar-refractivity contribution >= 4 is 130 Å². The lowest BCUT2D eigenvalue weighted by Gasteiger charge is -2.30. The van der Waals surface area contributed by atoms with Crippen LogP contribution in [0.1, 0.15) is 170 Å². The molecule has 0 unspecified atom stereocenters. The Bertz CT molecular complexity index is 6960. The van der Waals surface area contributed by atoms with Gasteiger partial charge in [0.05, 0.1) is 26.5 Å².